The van der Waals surface area contributed by atoms with E-state index >= 15 is 0 Å². The average Bonchev–Trinajstić information content (AvgIpc) is 3.27. The Morgan fingerprint density at radius 1 is 0.196 bits per heavy atom. The highest BCUT2D eigenvalue weighted by molar-refractivity contribution is 8.77. The van der Waals surface area contributed by atoms with E-state index in [0.29, 0.717) is 64.5 Å². The molecule has 0 aliphatic carbocycles. The largest absolute Gasteiger partial charge is 0.203 e. The monoisotopic (exact) mass is 876 g/mol. The van der Waals surface area contributed by atoms with Gasteiger partial charge < -0.3 is 0 Å². The molecule has 0 unspecified atom stereocenters. The van der Waals surface area contributed by atoms with Crippen molar-refractivity contribution in [1.29, 1.82) is 0 Å². The lowest BCUT2D eigenvalue weighted by Gasteiger charge is -2.09. The molecule has 0 saturated carbocycles. The van der Waals surface area contributed by atoms with E-state index in [1.807, 2.05) is 121 Å². The molecule has 8 aromatic rings. The molecular weight excluding hydrogens is 857 g/mol. The average molecular weight is 877 g/mol. The standard InChI is InChI=1S/C36H20N12S8/c1-5-13-21(14-6-1)25-37-29-45-30(38-25)50-52-32-40-27(23-17-9-3-10-18-23)42-34(47-32)54-56-36-44-28(24-19-11-4-12-20-24)43-35(48-36)55-53-33-41-26(22-15-7-2-8-16-22)39-31(46-33)51-49-29/h1-20H. The van der Waals surface area contributed by atoms with E-state index in [9.17, 15) is 0 Å². The second-order valence-electron chi connectivity index (χ2n) is 11.0. The number of benzene rings is 4. The summed E-state index contributed by atoms with van der Waals surface area (Å²) in [5, 5.41) is 3.93. The third kappa shape index (κ3) is 9.46. The van der Waals surface area contributed by atoms with Gasteiger partial charge in [-0.15, -0.1) is 0 Å². The Hall–Kier alpha value is -4.28. The minimum atomic E-state index is 0.492. The summed E-state index contributed by atoms with van der Waals surface area (Å²) in [6.07, 6.45) is 0. The topological polar surface area (TPSA) is 155 Å². The van der Waals surface area contributed by atoms with Crippen LogP contribution in [-0.2, 0) is 0 Å². The summed E-state index contributed by atoms with van der Waals surface area (Å²) in [6, 6.07) is 39.2. The summed E-state index contributed by atoms with van der Waals surface area (Å²) in [4.78, 5) is 57.8. The third-order valence-electron chi connectivity index (χ3n) is 7.27. The van der Waals surface area contributed by atoms with E-state index in [0.717, 1.165) is 22.3 Å². The quantitative estimate of drug-likeness (QED) is 0.154. The lowest BCUT2D eigenvalue weighted by molar-refractivity contribution is 0.807. The van der Waals surface area contributed by atoms with Crippen molar-refractivity contribution in [3.8, 4) is 45.6 Å². The lowest BCUT2D eigenvalue weighted by Crippen LogP contribution is -2.00. The van der Waals surface area contributed by atoms with Crippen molar-refractivity contribution in [1.82, 2.24) is 59.8 Å². The zero-order valence-corrected chi connectivity index (χ0v) is 34.7. The molecule has 1 aliphatic heterocycles. The first-order chi connectivity index (χ1) is 27.7. The lowest BCUT2D eigenvalue weighted by atomic mass is 10.2. The van der Waals surface area contributed by atoms with Crippen molar-refractivity contribution in [2.45, 2.75) is 41.3 Å². The van der Waals surface area contributed by atoms with Crippen LogP contribution in [0.3, 0.4) is 0 Å². The molecule has 4 aromatic carbocycles. The summed E-state index contributed by atoms with van der Waals surface area (Å²) < 4.78 is 0. The number of fused-ring (bicyclic) bond motifs is 8. The first-order valence-electron chi connectivity index (χ1n) is 16.3. The first-order valence-corrected chi connectivity index (χ1v) is 24.9. The van der Waals surface area contributed by atoms with Crippen molar-refractivity contribution in [3.05, 3.63) is 121 Å². The van der Waals surface area contributed by atoms with Gasteiger partial charge in [0.1, 0.15) is 0 Å². The zero-order chi connectivity index (χ0) is 37.5. The molecule has 56 heavy (non-hydrogen) atoms. The van der Waals surface area contributed by atoms with Crippen LogP contribution in [0.5, 0.6) is 0 Å². The highest BCUT2D eigenvalue weighted by atomic mass is 33.1. The molecule has 9 rings (SSSR count). The zero-order valence-electron chi connectivity index (χ0n) is 28.2. The number of hydrogen-bond donors (Lipinski definition) is 0. The molecular formula is C36H20N12S8. The Morgan fingerprint density at radius 2 is 0.357 bits per heavy atom. The van der Waals surface area contributed by atoms with Gasteiger partial charge in [0.15, 0.2) is 23.3 Å². The molecule has 8 bridgehead atoms. The fourth-order valence-electron chi connectivity index (χ4n) is 4.81. The molecule has 4 aromatic heterocycles. The molecule has 0 radical (unpaired) electrons. The first kappa shape index (κ1) is 37.3. The van der Waals surface area contributed by atoms with Crippen molar-refractivity contribution >= 4 is 86.4 Å². The number of nitrogens with zero attached hydrogens (tertiary/aromatic N) is 12. The van der Waals surface area contributed by atoms with Crippen LogP contribution < -0.4 is 0 Å². The second-order valence-corrected chi connectivity index (χ2v) is 19.3. The molecule has 20 heteroatoms. The van der Waals surface area contributed by atoms with Crippen LogP contribution in [-0.4, -0.2) is 59.8 Å². The van der Waals surface area contributed by atoms with Crippen LogP contribution in [0.4, 0.5) is 0 Å². The van der Waals surface area contributed by atoms with Crippen LogP contribution in [0, 0.1) is 0 Å². The van der Waals surface area contributed by atoms with Crippen LogP contribution in [0.25, 0.3) is 45.6 Å². The number of rotatable bonds is 4. The Bertz CT molecular complexity index is 2170. The Kier molecular flexibility index (Phi) is 11.9. The van der Waals surface area contributed by atoms with Gasteiger partial charge in [-0.3, -0.25) is 0 Å². The van der Waals surface area contributed by atoms with E-state index < -0.39 is 0 Å². The Labute approximate surface area is 351 Å². The second kappa shape index (κ2) is 17.9. The van der Waals surface area contributed by atoms with Crippen molar-refractivity contribution in [2.75, 3.05) is 0 Å². The van der Waals surface area contributed by atoms with Gasteiger partial charge in [-0.2, -0.15) is 19.9 Å². The summed E-state index contributed by atoms with van der Waals surface area (Å²) in [6.45, 7) is 0. The molecule has 0 atom stereocenters. The highest BCUT2D eigenvalue weighted by Gasteiger charge is 2.19. The predicted molar refractivity (Wildman–Crippen MR) is 228 cm³/mol. The van der Waals surface area contributed by atoms with Crippen LogP contribution in [0.2, 0.25) is 0 Å². The molecule has 0 fully saturated rings. The SMILES string of the molecule is c1ccc(-c2nc3nc(n2)SSc2nc(nc(-c4ccccc4)n2)SSc2nc(nc(-c4ccccc4)n2)SSc2nc(nc(-c4ccccc4)n2)SS3)cc1. The molecule has 0 N–H and O–H groups in total. The van der Waals surface area contributed by atoms with E-state index in [1.165, 1.54) is 86.4 Å². The minimum absolute atomic E-state index is 0.492. The van der Waals surface area contributed by atoms with Crippen LogP contribution in [0.15, 0.2) is 163 Å². The van der Waals surface area contributed by atoms with Crippen molar-refractivity contribution < 1.29 is 0 Å². The van der Waals surface area contributed by atoms with Crippen molar-refractivity contribution in [3.63, 3.8) is 0 Å². The fraction of sp³-hybridized carbons (Fsp3) is 0. The van der Waals surface area contributed by atoms with Crippen molar-refractivity contribution in [2.24, 2.45) is 0 Å². The molecule has 0 amide bonds. The summed E-state index contributed by atoms with van der Waals surface area (Å²) in [5.74, 6) is 2.16. The predicted octanol–water partition coefficient (Wildman–Crippen LogP) is 10.6. The molecule has 0 saturated heterocycles. The number of hydrogen-bond acceptors (Lipinski definition) is 20. The van der Waals surface area contributed by atoms with E-state index in [-0.39, 0.29) is 0 Å². The minimum Gasteiger partial charge on any atom is -0.202 e. The number of aromatic nitrogens is 12. The summed E-state index contributed by atoms with van der Waals surface area (Å²) in [5.41, 5.74) is 3.45. The summed E-state index contributed by atoms with van der Waals surface area (Å²) in [7, 11) is 10.7. The van der Waals surface area contributed by atoms with E-state index in [1.54, 1.807) is 0 Å². The van der Waals surface area contributed by atoms with Crippen LogP contribution >= 0.6 is 86.4 Å². The van der Waals surface area contributed by atoms with Gasteiger partial charge in [0, 0.05) is 22.3 Å². The smallest absolute Gasteiger partial charge is 0.202 e. The van der Waals surface area contributed by atoms with Gasteiger partial charge in [0.2, 0.25) is 41.3 Å². The summed E-state index contributed by atoms with van der Waals surface area (Å²) >= 11 is 0. The maximum absolute atomic E-state index is 4.82. The molecule has 5 heterocycles. The fourth-order valence-corrected chi connectivity index (χ4v) is 11.2. The van der Waals surface area contributed by atoms with Gasteiger partial charge in [0.05, 0.1) is 0 Å². The van der Waals surface area contributed by atoms with Crippen LogP contribution in [0.1, 0.15) is 0 Å². The van der Waals surface area contributed by atoms with Gasteiger partial charge in [-0.1, -0.05) is 121 Å². The van der Waals surface area contributed by atoms with Gasteiger partial charge in [-0.25, -0.2) is 39.9 Å². The van der Waals surface area contributed by atoms with E-state index in [4.69, 9.17) is 59.8 Å². The normalized spacial score (nSPS) is 13.1. The van der Waals surface area contributed by atoms with Gasteiger partial charge >= 0.3 is 0 Å². The molecule has 1 aliphatic rings. The molecule has 272 valence electrons. The molecule has 0 spiro atoms. The van der Waals surface area contributed by atoms with Gasteiger partial charge in [-0.05, 0) is 86.4 Å². The Morgan fingerprint density at radius 3 is 0.518 bits per heavy atom. The maximum Gasteiger partial charge on any atom is 0.203 e. The van der Waals surface area contributed by atoms with Gasteiger partial charge in [0.25, 0.3) is 0 Å². The third-order valence-corrected chi connectivity index (χ3v) is 14.8. The maximum atomic E-state index is 4.82. The van der Waals surface area contributed by atoms with E-state index in [2.05, 4.69) is 0 Å². The Balaban J connectivity index is 1.14. The highest BCUT2D eigenvalue weighted by Crippen LogP contribution is 2.43. The molecule has 12 nitrogen and oxygen atoms in total.